The molecule has 1 saturated heterocycles. The van der Waals surface area contributed by atoms with E-state index in [2.05, 4.69) is 11.1 Å². The average Bonchev–Trinajstić information content (AvgIpc) is 3.18. The fourth-order valence-corrected chi connectivity index (χ4v) is 5.09. The molecule has 2 amide bonds. The SMILES string of the molecule is CCOc1ccccc1C1c2[nH]c3ccccc3c2C[C@H]2C(=O)N(CCCO)CC(=O)N12. The molecule has 32 heavy (non-hydrogen) atoms. The summed E-state index contributed by atoms with van der Waals surface area (Å²) in [6, 6.07) is 14.8. The van der Waals surface area contributed by atoms with Gasteiger partial charge in [-0.05, 0) is 31.0 Å². The molecule has 166 valence electrons. The van der Waals surface area contributed by atoms with E-state index in [0.29, 0.717) is 31.7 Å². The Morgan fingerprint density at radius 2 is 1.91 bits per heavy atom. The predicted molar refractivity (Wildman–Crippen MR) is 120 cm³/mol. The highest BCUT2D eigenvalue weighted by atomic mass is 16.5. The van der Waals surface area contributed by atoms with Crippen molar-refractivity contribution in [3.8, 4) is 5.75 Å². The third-order valence-electron chi connectivity index (χ3n) is 6.44. The Morgan fingerprint density at radius 3 is 2.72 bits per heavy atom. The van der Waals surface area contributed by atoms with Gasteiger partial charge in [0.2, 0.25) is 11.8 Å². The van der Waals surface area contributed by atoms with Crippen LogP contribution >= 0.6 is 0 Å². The number of carbonyl (C=O) groups excluding carboxylic acids is 2. The minimum absolute atomic E-state index is 0.0106. The van der Waals surface area contributed by atoms with Crippen LogP contribution in [0.1, 0.15) is 36.2 Å². The molecule has 2 atom stereocenters. The fraction of sp³-hybridized carbons (Fsp3) is 0.360. The van der Waals surface area contributed by atoms with Gasteiger partial charge in [0.05, 0.1) is 13.2 Å². The Morgan fingerprint density at radius 1 is 1.12 bits per heavy atom. The quantitative estimate of drug-likeness (QED) is 0.626. The summed E-state index contributed by atoms with van der Waals surface area (Å²) in [6.07, 6.45) is 0.924. The van der Waals surface area contributed by atoms with E-state index in [1.807, 2.05) is 49.4 Å². The van der Waals surface area contributed by atoms with Crippen molar-refractivity contribution in [3.05, 3.63) is 65.4 Å². The maximum absolute atomic E-state index is 13.5. The molecule has 3 heterocycles. The number of nitrogens with zero attached hydrogens (tertiary/aromatic N) is 2. The van der Waals surface area contributed by atoms with Crippen LogP contribution < -0.4 is 4.74 Å². The van der Waals surface area contributed by atoms with Crippen molar-refractivity contribution in [3.63, 3.8) is 0 Å². The fourth-order valence-electron chi connectivity index (χ4n) is 5.09. The first-order chi connectivity index (χ1) is 15.6. The third kappa shape index (κ3) is 3.24. The van der Waals surface area contributed by atoms with E-state index in [9.17, 15) is 14.7 Å². The topological polar surface area (TPSA) is 85.9 Å². The van der Waals surface area contributed by atoms with Gasteiger partial charge in [0.25, 0.3) is 0 Å². The highest BCUT2D eigenvalue weighted by Crippen LogP contribution is 2.44. The third-order valence-corrected chi connectivity index (χ3v) is 6.44. The van der Waals surface area contributed by atoms with Gasteiger partial charge >= 0.3 is 0 Å². The van der Waals surface area contributed by atoms with Crippen molar-refractivity contribution in [1.29, 1.82) is 0 Å². The summed E-state index contributed by atoms with van der Waals surface area (Å²) in [7, 11) is 0. The lowest BCUT2D eigenvalue weighted by atomic mass is 9.86. The molecule has 0 aliphatic carbocycles. The van der Waals surface area contributed by atoms with Crippen molar-refractivity contribution >= 4 is 22.7 Å². The number of rotatable bonds is 6. The number of piperazine rings is 1. The molecule has 1 unspecified atom stereocenters. The highest BCUT2D eigenvalue weighted by Gasteiger charge is 2.48. The lowest BCUT2D eigenvalue weighted by Crippen LogP contribution is -2.63. The van der Waals surface area contributed by atoms with Gasteiger partial charge in [0, 0.05) is 41.7 Å². The van der Waals surface area contributed by atoms with E-state index in [1.54, 1.807) is 9.80 Å². The van der Waals surface area contributed by atoms with Crippen LogP contribution in [0.4, 0.5) is 0 Å². The standard InChI is InChI=1S/C25H27N3O4/c1-2-32-21-11-6-4-9-17(21)24-23-18(16-8-3-5-10-19(16)26-23)14-20-25(31)27(12-7-13-29)15-22(30)28(20)24/h3-6,8-11,20,24,26,29H,2,7,12-15H2,1H3/t20-,24?/m0/s1. The molecule has 3 aromatic rings. The van der Waals surface area contributed by atoms with Gasteiger partial charge in [-0.2, -0.15) is 0 Å². The molecule has 0 spiro atoms. The lowest BCUT2D eigenvalue weighted by Gasteiger charge is -2.47. The Labute approximate surface area is 186 Å². The smallest absolute Gasteiger partial charge is 0.246 e. The Bertz CT molecular complexity index is 1170. The predicted octanol–water partition coefficient (Wildman–Crippen LogP) is 2.63. The molecule has 0 saturated carbocycles. The monoisotopic (exact) mass is 433 g/mol. The van der Waals surface area contributed by atoms with Crippen LogP contribution in [0.2, 0.25) is 0 Å². The molecule has 7 nitrogen and oxygen atoms in total. The molecule has 0 radical (unpaired) electrons. The molecule has 1 fully saturated rings. The molecule has 5 rings (SSSR count). The van der Waals surface area contributed by atoms with Gasteiger partial charge in [-0.25, -0.2) is 0 Å². The van der Waals surface area contributed by atoms with Crippen LogP contribution in [-0.4, -0.2) is 64.0 Å². The molecule has 2 aromatic carbocycles. The number of benzene rings is 2. The van der Waals surface area contributed by atoms with E-state index in [1.165, 1.54) is 0 Å². The number of para-hydroxylation sites is 2. The first-order valence-electron chi connectivity index (χ1n) is 11.2. The van der Waals surface area contributed by atoms with Crippen molar-refractivity contribution in [2.45, 2.75) is 31.8 Å². The Balaban J connectivity index is 1.68. The van der Waals surface area contributed by atoms with Crippen molar-refractivity contribution < 1.29 is 19.4 Å². The first kappa shape index (κ1) is 20.6. The Kier molecular flexibility index (Phi) is 5.35. The number of hydrogen-bond donors (Lipinski definition) is 2. The zero-order valence-electron chi connectivity index (χ0n) is 18.1. The summed E-state index contributed by atoms with van der Waals surface area (Å²) in [6.45, 7) is 2.84. The summed E-state index contributed by atoms with van der Waals surface area (Å²) in [5.74, 6) is 0.564. The number of ether oxygens (including phenoxy) is 1. The lowest BCUT2D eigenvalue weighted by molar-refractivity contribution is -0.158. The van der Waals surface area contributed by atoms with Crippen LogP contribution in [0.15, 0.2) is 48.5 Å². The number of fused-ring (bicyclic) bond motifs is 4. The molecular formula is C25H27N3O4. The maximum atomic E-state index is 13.5. The highest BCUT2D eigenvalue weighted by molar-refractivity contribution is 5.97. The second-order valence-corrected chi connectivity index (χ2v) is 8.29. The van der Waals surface area contributed by atoms with Crippen LogP contribution in [0, 0.1) is 0 Å². The number of aliphatic hydroxyl groups is 1. The number of aliphatic hydroxyl groups excluding tert-OH is 1. The molecule has 7 heteroatoms. The molecule has 2 N–H and O–H groups in total. The van der Waals surface area contributed by atoms with E-state index in [-0.39, 0.29) is 25.0 Å². The van der Waals surface area contributed by atoms with Gasteiger partial charge in [0.1, 0.15) is 17.8 Å². The number of aromatic nitrogens is 1. The summed E-state index contributed by atoms with van der Waals surface area (Å²) in [4.78, 5) is 33.8. The van der Waals surface area contributed by atoms with Gasteiger partial charge < -0.3 is 24.6 Å². The van der Waals surface area contributed by atoms with Gasteiger partial charge in [0.15, 0.2) is 0 Å². The minimum Gasteiger partial charge on any atom is -0.494 e. The summed E-state index contributed by atoms with van der Waals surface area (Å²) < 4.78 is 5.92. The summed E-state index contributed by atoms with van der Waals surface area (Å²) >= 11 is 0. The maximum Gasteiger partial charge on any atom is 0.246 e. The number of carbonyl (C=O) groups is 2. The molecule has 2 aliphatic rings. The summed E-state index contributed by atoms with van der Waals surface area (Å²) in [5, 5.41) is 10.3. The largest absolute Gasteiger partial charge is 0.494 e. The van der Waals surface area contributed by atoms with E-state index in [4.69, 9.17) is 4.74 Å². The van der Waals surface area contributed by atoms with Crippen molar-refractivity contribution in [2.24, 2.45) is 0 Å². The minimum atomic E-state index is -0.582. The second-order valence-electron chi connectivity index (χ2n) is 8.29. The molecular weight excluding hydrogens is 406 g/mol. The number of hydrogen-bond acceptors (Lipinski definition) is 4. The summed E-state index contributed by atoms with van der Waals surface area (Å²) in [5.41, 5.74) is 3.88. The van der Waals surface area contributed by atoms with Crippen molar-refractivity contribution in [1.82, 2.24) is 14.8 Å². The number of nitrogens with one attached hydrogen (secondary N) is 1. The number of aromatic amines is 1. The van der Waals surface area contributed by atoms with Gasteiger partial charge in [-0.1, -0.05) is 36.4 Å². The van der Waals surface area contributed by atoms with Crippen molar-refractivity contribution in [2.75, 3.05) is 26.3 Å². The van der Waals surface area contributed by atoms with Crippen LogP contribution in [-0.2, 0) is 16.0 Å². The van der Waals surface area contributed by atoms with E-state index < -0.39 is 12.1 Å². The first-order valence-corrected chi connectivity index (χ1v) is 11.2. The average molecular weight is 434 g/mol. The molecule has 2 aliphatic heterocycles. The van der Waals surface area contributed by atoms with E-state index >= 15 is 0 Å². The van der Waals surface area contributed by atoms with Crippen LogP contribution in [0.25, 0.3) is 10.9 Å². The van der Waals surface area contributed by atoms with Crippen LogP contribution in [0.5, 0.6) is 5.75 Å². The molecule has 1 aromatic heterocycles. The normalized spacial score (nSPS) is 20.4. The zero-order valence-corrected chi connectivity index (χ0v) is 18.1. The second kappa shape index (κ2) is 8.31. The van der Waals surface area contributed by atoms with Gasteiger partial charge in [-0.3, -0.25) is 9.59 Å². The van der Waals surface area contributed by atoms with Crippen LogP contribution in [0.3, 0.4) is 0 Å². The number of amides is 2. The Hall–Kier alpha value is -3.32. The molecule has 0 bridgehead atoms. The number of H-pyrrole nitrogens is 1. The zero-order chi connectivity index (χ0) is 22.2. The van der Waals surface area contributed by atoms with E-state index in [0.717, 1.165) is 27.7 Å². The van der Waals surface area contributed by atoms with Gasteiger partial charge in [-0.15, -0.1) is 0 Å².